The van der Waals surface area contributed by atoms with E-state index >= 15 is 0 Å². The lowest BCUT2D eigenvalue weighted by atomic mass is 10.2. The summed E-state index contributed by atoms with van der Waals surface area (Å²) in [5.74, 6) is 0. The summed E-state index contributed by atoms with van der Waals surface area (Å²) < 4.78 is 37.1. The molecule has 0 N–H and O–H groups in total. The van der Waals surface area contributed by atoms with Crippen LogP contribution in [0.1, 0.15) is 0 Å². The number of para-hydroxylation sites is 1. The lowest BCUT2D eigenvalue weighted by Gasteiger charge is -2.36. The number of rotatable bonds is 1. The minimum Gasteiger partial charge on any atom is -0.369 e. The smallest absolute Gasteiger partial charge is 0.369 e. The van der Waals surface area contributed by atoms with Crippen molar-refractivity contribution in [1.82, 2.24) is 4.90 Å². The Labute approximate surface area is 92.3 Å². The van der Waals surface area contributed by atoms with Gasteiger partial charge in [0.15, 0.2) is 0 Å². The first-order valence-electron chi connectivity index (χ1n) is 5.19. The Morgan fingerprint density at radius 2 is 1.44 bits per heavy atom. The molecule has 5 heteroatoms. The van der Waals surface area contributed by atoms with Crippen molar-refractivity contribution in [3.63, 3.8) is 0 Å². The van der Waals surface area contributed by atoms with Gasteiger partial charge in [-0.05, 0) is 12.1 Å². The summed E-state index contributed by atoms with van der Waals surface area (Å²) in [6.45, 7) is 0.920. The number of benzene rings is 1. The summed E-state index contributed by atoms with van der Waals surface area (Å²) >= 11 is 0. The van der Waals surface area contributed by atoms with Gasteiger partial charge in [-0.15, -0.1) is 0 Å². The van der Waals surface area contributed by atoms with Gasteiger partial charge in [-0.25, -0.2) is 4.90 Å². The van der Waals surface area contributed by atoms with E-state index < -0.39 is 6.30 Å². The molecule has 1 aromatic carbocycles. The molecule has 2 rings (SSSR count). The van der Waals surface area contributed by atoms with Crippen molar-refractivity contribution in [2.75, 3.05) is 31.1 Å². The second-order valence-corrected chi connectivity index (χ2v) is 3.78. The maximum absolute atomic E-state index is 12.4. The van der Waals surface area contributed by atoms with Crippen molar-refractivity contribution in [3.8, 4) is 0 Å². The fourth-order valence-electron chi connectivity index (χ4n) is 1.86. The van der Waals surface area contributed by atoms with E-state index in [-0.39, 0.29) is 13.1 Å². The van der Waals surface area contributed by atoms with E-state index in [4.69, 9.17) is 0 Å². The Morgan fingerprint density at radius 3 is 1.94 bits per heavy atom. The highest BCUT2D eigenvalue weighted by Gasteiger charge is 2.38. The molecular weight excluding hydrogens is 217 g/mol. The highest BCUT2D eigenvalue weighted by Crippen LogP contribution is 2.24. The molecule has 1 fully saturated rings. The van der Waals surface area contributed by atoms with E-state index in [0.717, 1.165) is 5.69 Å². The molecule has 1 aliphatic rings. The van der Waals surface area contributed by atoms with Gasteiger partial charge in [0.2, 0.25) is 0 Å². The Balaban J connectivity index is 1.96. The van der Waals surface area contributed by atoms with Crippen molar-refractivity contribution in [3.05, 3.63) is 30.3 Å². The van der Waals surface area contributed by atoms with Crippen LogP contribution in [-0.4, -0.2) is 37.4 Å². The predicted molar refractivity (Wildman–Crippen MR) is 56.3 cm³/mol. The molecule has 0 aliphatic carbocycles. The van der Waals surface area contributed by atoms with Crippen LogP contribution in [0.5, 0.6) is 0 Å². The summed E-state index contributed by atoms with van der Waals surface area (Å²) in [4.78, 5) is 2.54. The Hall–Kier alpha value is -1.23. The average molecular weight is 230 g/mol. The van der Waals surface area contributed by atoms with Gasteiger partial charge in [-0.2, -0.15) is 13.2 Å². The molecule has 88 valence electrons. The summed E-state index contributed by atoms with van der Waals surface area (Å²) in [6, 6.07) is 9.53. The number of piperazine rings is 1. The van der Waals surface area contributed by atoms with Crippen molar-refractivity contribution in [2.24, 2.45) is 0 Å². The minimum atomic E-state index is -4.19. The third-order valence-corrected chi connectivity index (χ3v) is 2.76. The molecule has 2 nitrogen and oxygen atoms in total. The average Bonchev–Trinajstić information content (AvgIpc) is 2.29. The molecule has 0 amide bonds. The van der Waals surface area contributed by atoms with Crippen LogP contribution in [0.4, 0.5) is 18.9 Å². The van der Waals surface area contributed by atoms with E-state index in [2.05, 4.69) is 0 Å². The lowest BCUT2D eigenvalue weighted by molar-refractivity contribution is -0.246. The molecule has 0 saturated carbocycles. The number of alkyl halides is 3. The quantitative estimate of drug-likeness (QED) is 0.683. The summed E-state index contributed by atoms with van der Waals surface area (Å²) in [7, 11) is 0. The highest BCUT2D eigenvalue weighted by molar-refractivity contribution is 5.46. The van der Waals surface area contributed by atoms with Crippen LogP contribution in [0.2, 0.25) is 0 Å². The predicted octanol–water partition coefficient (Wildman–Crippen LogP) is 2.33. The zero-order valence-corrected chi connectivity index (χ0v) is 8.74. The molecule has 1 aromatic rings. The number of hydrogen-bond acceptors (Lipinski definition) is 2. The molecule has 1 saturated heterocycles. The first-order chi connectivity index (χ1) is 7.57. The standard InChI is InChI=1S/C11H13F3N2/c12-11(13,14)16-8-6-15(7-9-16)10-4-2-1-3-5-10/h1-5H,6-9H2. The number of hydrogen-bond donors (Lipinski definition) is 0. The van der Waals surface area contributed by atoms with Gasteiger partial charge in [0.1, 0.15) is 0 Å². The molecule has 0 atom stereocenters. The largest absolute Gasteiger partial charge is 0.460 e. The van der Waals surface area contributed by atoms with Gasteiger partial charge in [-0.1, -0.05) is 18.2 Å². The fourth-order valence-corrected chi connectivity index (χ4v) is 1.86. The summed E-state index contributed by atoms with van der Waals surface area (Å²) in [6.07, 6.45) is -4.19. The van der Waals surface area contributed by atoms with E-state index in [1.54, 1.807) is 0 Å². The number of anilines is 1. The van der Waals surface area contributed by atoms with Crippen LogP contribution in [0.15, 0.2) is 30.3 Å². The maximum atomic E-state index is 12.4. The van der Waals surface area contributed by atoms with Gasteiger partial charge < -0.3 is 4.90 Å². The van der Waals surface area contributed by atoms with Crippen molar-refractivity contribution in [2.45, 2.75) is 6.30 Å². The van der Waals surface area contributed by atoms with E-state index in [0.29, 0.717) is 18.0 Å². The normalized spacial score (nSPS) is 18.8. The minimum absolute atomic E-state index is 0.0401. The van der Waals surface area contributed by atoms with Gasteiger partial charge in [0.25, 0.3) is 0 Å². The Bertz CT molecular complexity index is 329. The molecule has 16 heavy (non-hydrogen) atoms. The fraction of sp³-hybridized carbons (Fsp3) is 0.455. The van der Waals surface area contributed by atoms with Crippen LogP contribution in [0, 0.1) is 0 Å². The number of nitrogens with zero attached hydrogens (tertiary/aromatic N) is 2. The molecule has 1 heterocycles. The van der Waals surface area contributed by atoms with Gasteiger partial charge >= 0.3 is 6.30 Å². The summed E-state index contributed by atoms with van der Waals surface area (Å²) in [5.41, 5.74) is 0.990. The zero-order valence-electron chi connectivity index (χ0n) is 8.74. The second-order valence-electron chi connectivity index (χ2n) is 3.78. The van der Waals surface area contributed by atoms with Crippen LogP contribution < -0.4 is 4.90 Å². The SMILES string of the molecule is FC(F)(F)N1CCN(c2ccccc2)CC1. The lowest BCUT2D eigenvalue weighted by Crippen LogP contribution is -2.51. The maximum Gasteiger partial charge on any atom is 0.460 e. The number of halogens is 3. The van der Waals surface area contributed by atoms with Crippen molar-refractivity contribution in [1.29, 1.82) is 0 Å². The monoisotopic (exact) mass is 230 g/mol. The third kappa shape index (κ3) is 2.47. The van der Waals surface area contributed by atoms with Crippen LogP contribution >= 0.6 is 0 Å². The second kappa shape index (κ2) is 4.33. The molecule has 0 aromatic heterocycles. The Kier molecular flexibility index (Phi) is 3.05. The van der Waals surface area contributed by atoms with E-state index in [9.17, 15) is 13.2 Å². The molecule has 0 radical (unpaired) electrons. The van der Waals surface area contributed by atoms with Crippen LogP contribution in [0.25, 0.3) is 0 Å². The summed E-state index contributed by atoms with van der Waals surface area (Å²) in [5, 5.41) is 0. The molecule has 0 spiro atoms. The van der Waals surface area contributed by atoms with Gasteiger partial charge in [0.05, 0.1) is 0 Å². The topological polar surface area (TPSA) is 6.48 Å². The Morgan fingerprint density at radius 1 is 0.875 bits per heavy atom. The highest BCUT2D eigenvalue weighted by atomic mass is 19.4. The van der Waals surface area contributed by atoms with Gasteiger partial charge in [-0.3, -0.25) is 0 Å². The van der Waals surface area contributed by atoms with E-state index in [1.807, 2.05) is 35.2 Å². The first kappa shape index (κ1) is 11.3. The van der Waals surface area contributed by atoms with Crippen LogP contribution in [-0.2, 0) is 0 Å². The van der Waals surface area contributed by atoms with Crippen LogP contribution in [0.3, 0.4) is 0 Å². The van der Waals surface area contributed by atoms with Crippen molar-refractivity contribution >= 4 is 5.69 Å². The van der Waals surface area contributed by atoms with E-state index in [1.165, 1.54) is 0 Å². The zero-order chi connectivity index (χ0) is 11.6. The molecule has 1 aliphatic heterocycles. The first-order valence-corrected chi connectivity index (χ1v) is 5.19. The molecule has 0 bridgehead atoms. The third-order valence-electron chi connectivity index (χ3n) is 2.76. The molecular formula is C11H13F3N2. The van der Waals surface area contributed by atoms with Crippen molar-refractivity contribution < 1.29 is 13.2 Å². The molecule has 0 unspecified atom stereocenters. The van der Waals surface area contributed by atoms with Gasteiger partial charge in [0, 0.05) is 31.9 Å².